The molecule has 1 aromatic carbocycles. The van der Waals surface area contributed by atoms with E-state index in [0.717, 1.165) is 24.1 Å². The Bertz CT molecular complexity index is 332. The van der Waals surface area contributed by atoms with Gasteiger partial charge in [0.05, 0.1) is 19.3 Å². The van der Waals surface area contributed by atoms with Crippen LogP contribution in [0.1, 0.15) is 17.5 Å². The van der Waals surface area contributed by atoms with Gasteiger partial charge in [0.1, 0.15) is 0 Å². The molecule has 1 aromatic rings. The smallest absolute Gasteiger partial charge is 0.0834 e. The quantitative estimate of drug-likeness (QED) is 0.841. The standard InChI is InChI=1S/C12H15BrO2/c1-9-2-3-11(13)6-10(9)7-15-12-4-5-14-8-12/h2-3,6,12H,4-5,7-8H2,1H3. The van der Waals surface area contributed by atoms with Crippen LogP contribution in [0.15, 0.2) is 22.7 Å². The van der Waals surface area contributed by atoms with Crippen molar-refractivity contribution in [2.45, 2.75) is 26.1 Å². The van der Waals surface area contributed by atoms with Crippen LogP contribution in [0.25, 0.3) is 0 Å². The molecule has 0 amide bonds. The molecule has 1 saturated heterocycles. The number of ether oxygens (including phenoxy) is 2. The minimum atomic E-state index is 0.281. The Kier molecular flexibility index (Phi) is 3.78. The summed E-state index contributed by atoms with van der Waals surface area (Å²) in [5, 5.41) is 0. The van der Waals surface area contributed by atoms with E-state index in [4.69, 9.17) is 9.47 Å². The summed E-state index contributed by atoms with van der Waals surface area (Å²) in [5.74, 6) is 0. The van der Waals surface area contributed by atoms with E-state index in [0.29, 0.717) is 6.61 Å². The maximum Gasteiger partial charge on any atom is 0.0834 e. The van der Waals surface area contributed by atoms with E-state index >= 15 is 0 Å². The molecule has 1 fully saturated rings. The van der Waals surface area contributed by atoms with Gasteiger partial charge >= 0.3 is 0 Å². The van der Waals surface area contributed by atoms with Gasteiger partial charge < -0.3 is 9.47 Å². The predicted octanol–water partition coefficient (Wildman–Crippen LogP) is 3.06. The maximum atomic E-state index is 5.78. The fourth-order valence-corrected chi connectivity index (χ4v) is 2.06. The molecule has 0 bridgehead atoms. The second kappa shape index (κ2) is 5.10. The molecule has 0 spiro atoms. The molecular weight excluding hydrogens is 256 g/mol. The molecule has 0 saturated carbocycles. The number of aryl methyl sites for hydroxylation is 1. The van der Waals surface area contributed by atoms with Gasteiger partial charge in [0.25, 0.3) is 0 Å². The van der Waals surface area contributed by atoms with Gasteiger partial charge in [-0.05, 0) is 36.6 Å². The second-order valence-corrected chi connectivity index (χ2v) is 4.78. The molecule has 1 unspecified atom stereocenters. The lowest BCUT2D eigenvalue weighted by atomic mass is 10.1. The summed E-state index contributed by atoms with van der Waals surface area (Å²) >= 11 is 3.47. The molecule has 0 aromatic heterocycles. The Morgan fingerprint density at radius 3 is 3.13 bits per heavy atom. The topological polar surface area (TPSA) is 18.5 Å². The molecule has 2 nitrogen and oxygen atoms in total. The Labute approximate surface area is 98.7 Å². The molecule has 1 aliphatic rings. The van der Waals surface area contributed by atoms with Crippen molar-refractivity contribution in [3.63, 3.8) is 0 Å². The lowest BCUT2D eigenvalue weighted by Crippen LogP contribution is -2.12. The molecule has 3 heteroatoms. The predicted molar refractivity (Wildman–Crippen MR) is 62.9 cm³/mol. The minimum Gasteiger partial charge on any atom is -0.379 e. The Hall–Kier alpha value is -0.380. The van der Waals surface area contributed by atoms with Crippen LogP contribution < -0.4 is 0 Å². The summed E-state index contributed by atoms with van der Waals surface area (Å²) in [6.45, 7) is 4.37. The summed E-state index contributed by atoms with van der Waals surface area (Å²) < 4.78 is 12.2. The molecule has 0 aliphatic carbocycles. The number of rotatable bonds is 3. The van der Waals surface area contributed by atoms with E-state index in [-0.39, 0.29) is 6.10 Å². The second-order valence-electron chi connectivity index (χ2n) is 3.87. The van der Waals surface area contributed by atoms with Gasteiger partial charge in [-0.1, -0.05) is 22.0 Å². The van der Waals surface area contributed by atoms with Crippen LogP contribution in [-0.4, -0.2) is 19.3 Å². The lowest BCUT2D eigenvalue weighted by Gasteiger charge is -2.11. The summed E-state index contributed by atoms with van der Waals surface area (Å²) in [6.07, 6.45) is 1.30. The molecule has 15 heavy (non-hydrogen) atoms. The first kappa shape index (κ1) is 11.1. The van der Waals surface area contributed by atoms with E-state index in [1.165, 1.54) is 11.1 Å². The van der Waals surface area contributed by atoms with E-state index in [1.54, 1.807) is 0 Å². The number of hydrogen-bond acceptors (Lipinski definition) is 2. The van der Waals surface area contributed by atoms with Gasteiger partial charge in [-0.2, -0.15) is 0 Å². The monoisotopic (exact) mass is 270 g/mol. The van der Waals surface area contributed by atoms with Crippen molar-refractivity contribution in [1.29, 1.82) is 0 Å². The van der Waals surface area contributed by atoms with Crippen molar-refractivity contribution in [2.24, 2.45) is 0 Å². The van der Waals surface area contributed by atoms with Crippen LogP contribution >= 0.6 is 15.9 Å². The van der Waals surface area contributed by atoms with E-state index < -0.39 is 0 Å². The molecule has 0 radical (unpaired) electrons. The van der Waals surface area contributed by atoms with E-state index in [9.17, 15) is 0 Å². The van der Waals surface area contributed by atoms with E-state index in [1.807, 2.05) is 0 Å². The normalized spacial score (nSPS) is 20.8. The van der Waals surface area contributed by atoms with Crippen molar-refractivity contribution in [3.8, 4) is 0 Å². The number of hydrogen-bond donors (Lipinski definition) is 0. The average Bonchev–Trinajstić information content (AvgIpc) is 2.72. The summed E-state index contributed by atoms with van der Waals surface area (Å²) in [7, 11) is 0. The summed E-state index contributed by atoms with van der Waals surface area (Å²) in [6, 6.07) is 6.27. The highest BCUT2D eigenvalue weighted by molar-refractivity contribution is 9.10. The minimum absolute atomic E-state index is 0.281. The van der Waals surface area contributed by atoms with Gasteiger partial charge in [0.2, 0.25) is 0 Å². The number of benzene rings is 1. The molecule has 82 valence electrons. The van der Waals surface area contributed by atoms with Crippen molar-refractivity contribution in [1.82, 2.24) is 0 Å². The molecular formula is C12H15BrO2. The third kappa shape index (κ3) is 3.03. The largest absolute Gasteiger partial charge is 0.379 e. The highest BCUT2D eigenvalue weighted by Gasteiger charge is 2.16. The van der Waals surface area contributed by atoms with Gasteiger partial charge in [0, 0.05) is 11.1 Å². The molecule has 0 N–H and O–H groups in total. The van der Waals surface area contributed by atoms with Crippen LogP contribution in [0.3, 0.4) is 0 Å². The van der Waals surface area contributed by atoms with Crippen molar-refractivity contribution < 1.29 is 9.47 Å². The fourth-order valence-electron chi connectivity index (χ4n) is 1.65. The zero-order chi connectivity index (χ0) is 10.7. The third-order valence-electron chi connectivity index (χ3n) is 2.67. The van der Waals surface area contributed by atoms with Crippen LogP contribution in [0.4, 0.5) is 0 Å². The van der Waals surface area contributed by atoms with Crippen molar-refractivity contribution in [3.05, 3.63) is 33.8 Å². The zero-order valence-electron chi connectivity index (χ0n) is 8.83. The molecule has 1 heterocycles. The Morgan fingerprint density at radius 2 is 2.40 bits per heavy atom. The molecule has 2 rings (SSSR count). The molecule has 1 atom stereocenters. The SMILES string of the molecule is Cc1ccc(Br)cc1COC1CCOC1. The summed E-state index contributed by atoms with van der Waals surface area (Å²) in [4.78, 5) is 0. The maximum absolute atomic E-state index is 5.78. The van der Waals surface area contributed by atoms with E-state index in [2.05, 4.69) is 41.1 Å². The highest BCUT2D eigenvalue weighted by atomic mass is 79.9. The zero-order valence-corrected chi connectivity index (χ0v) is 10.4. The highest BCUT2D eigenvalue weighted by Crippen LogP contribution is 2.18. The third-order valence-corrected chi connectivity index (χ3v) is 3.17. The van der Waals surface area contributed by atoms with Crippen molar-refractivity contribution in [2.75, 3.05) is 13.2 Å². The van der Waals surface area contributed by atoms with Gasteiger partial charge in [-0.25, -0.2) is 0 Å². The van der Waals surface area contributed by atoms with Gasteiger partial charge in [-0.15, -0.1) is 0 Å². The summed E-state index contributed by atoms with van der Waals surface area (Å²) in [5.41, 5.74) is 2.52. The van der Waals surface area contributed by atoms with Crippen LogP contribution in [0, 0.1) is 6.92 Å². The lowest BCUT2D eigenvalue weighted by molar-refractivity contribution is 0.0315. The molecule has 1 aliphatic heterocycles. The van der Waals surface area contributed by atoms with Crippen molar-refractivity contribution >= 4 is 15.9 Å². The van der Waals surface area contributed by atoms with Crippen LogP contribution in [-0.2, 0) is 16.1 Å². The van der Waals surface area contributed by atoms with Gasteiger partial charge in [0.15, 0.2) is 0 Å². The number of halogens is 1. The average molecular weight is 271 g/mol. The van der Waals surface area contributed by atoms with Crippen LogP contribution in [0.2, 0.25) is 0 Å². The first-order valence-corrected chi connectivity index (χ1v) is 5.99. The Balaban J connectivity index is 1.94. The Morgan fingerprint density at radius 1 is 1.53 bits per heavy atom. The van der Waals surface area contributed by atoms with Crippen LogP contribution in [0.5, 0.6) is 0 Å². The first-order chi connectivity index (χ1) is 7.25. The fraction of sp³-hybridized carbons (Fsp3) is 0.500. The van der Waals surface area contributed by atoms with Gasteiger partial charge in [-0.3, -0.25) is 0 Å². The first-order valence-electron chi connectivity index (χ1n) is 5.20.